The lowest BCUT2D eigenvalue weighted by molar-refractivity contribution is 0.0950. The number of hydrogen-bond donors (Lipinski definition) is 1. The van der Waals surface area contributed by atoms with Crippen LogP contribution in [0.3, 0.4) is 0 Å². The van der Waals surface area contributed by atoms with Gasteiger partial charge in [-0.2, -0.15) is 4.31 Å². The van der Waals surface area contributed by atoms with E-state index >= 15 is 0 Å². The molecule has 0 spiro atoms. The highest BCUT2D eigenvalue weighted by Gasteiger charge is 2.25. The van der Waals surface area contributed by atoms with Gasteiger partial charge in [0.25, 0.3) is 5.91 Å². The van der Waals surface area contributed by atoms with Gasteiger partial charge in [-0.1, -0.05) is 18.9 Å². The Kier molecular flexibility index (Phi) is 7.39. The van der Waals surface area contributed by atoms with Crippen LogP contribution in [0.2, 0.25) is 0 Å². The Bertz CT molecular complexity index is 995. The molecule has 9 heteroatoms. The third-order valence-electron chi connectivity index (χ3n) is 5.92. The van der Waals surface area contributed by atoms with Crippen molar-refractivity contribution < 1.29 is 17.9 Å². The number of pyridine rings is 1. The molecule has 2 aliphatic rings. The second-order valence-electron chi connectivity index (χ2n) is 8.15. The minimum Gasteiger partial charge on any atom is -0.378 e. The van der Waals surface area contributed by atoms with E-state index in [1.165, 1.54) is 12.1 Å². The normalized spacial score (nSPS) is 18.2. The predicted octanol–water partition coefficient (Wildman–Crippen LogP) is 2.41. The van der Waals surface area contributed by atoms with Gasteiger partial charge in [0.2, 0.25) is 10.0 Å². The van der Waals surface area contributed by atoms with Crippen LogP contribution in [0.25, 0.3) is 0 Å². The van der Waals surface area contributed by atoms with Gasteiger partial charge in [0.15, 0.2) is 0 Å². The van der Waals surface area contributed by atoms with Gasteiger partial charge < -0.3 is 15.0 Å². The number of hydrogen-bond acceptors (Lipinski definition) is 6. The molecule has 2 aliphatic heterocycles. The van der Waals surface area contributed by atoms with Crippen molar-refractivity contribution in [3.8, 4) is 0 Å². The summed E-state index contributed by atoms with van der Waals surface area (Å²) in [5, 5.41) is 2.87. The number of sulfonamides is 1. The zero-order valence-corrected chi connectivity index (χ0v) is 19.0. The highest BCUT2D eigenvalue weighted by molar-refractivity contribution is 7.89. The molecule has 0 saturated carbocycles. The summed E-state index contributed by atoms with van der Waals surface area (Å²) in [6, 6.07) is 10.1. The standard InChI is InChI=1S/C23H30N4O4S/c28-23(25-18-19-5-10-22(24-17-19)26-13-15-31-16-14-26)20-6-8-21(9-7-20)32(29,30)27-11-3-1-2-4-12-27/h5-10,17H,1-4,11-16,18H2,(H,25,28). The first-order valence-corrected chi connectivity index (χ1v) is 12.6. The molecule has 4 rings (SSSR count). The third-order valence-corrected chi connectivity index (χ3v) is 7.83. The van der Waals surface area contributed by atoms with Gasteiger partial charge in [-0.25, -0.2) is 13.4 Å². The quantitative estimate of drug-likeness (QED) is 0.715. The number of morpholine rings is 1. The number of benzene rings is 1. The van der Waals surface area contributed by atoms with E-state index in [0.29, 0.717) is 38.4 Å². The van der Waals surface area contributed by atoms with Crippen molar-refractivity contribution in [3.63, 3.8) is 0 Å². The fourth-order valence-electron chi connectivity index (χ4n) is 3.99. The molecule has 2 aromatic rings. The van der Waals surface area contributed by atoms with Gasteiger partial charge in [0.1, 0.15) is 5.82 Å². The van der Waals surface area contributed by atoms with Crippen molar-refractivity contribution in [2.24, 2.45) is 0 Å². The van der Waals surface area contributed by atoms with Crippen molar-refractivity contribution in [1.29, 1.82) is 0 Å². The van der Waals surface area contributed by atoms with Crippen molar-refractivity contribution in [3.05, 3.63) is 53.7 Å². The lowest BCUT2D eigenvalue weighted by Crippen LogP contribution is -2.36. The Labute approximate surface area is 189 Å². The first-order chi connectivity index (χ1) is 15.5. The minimum absolute atomic E-state index is 0.235. The number of amides is 1. The fraction of sp³-hybridized carbons (Fsp3) is 0.478. The second-order valence-corrected chi connectivity index (χ2v) is 10.1. The van der Waals surface area contributed by atoms with E-state index < -0.39 is 10.0 Å². The number of ether oxygens (including phenoxy) is 1. The smallest absolute Gasteiger partial charge is 0.251 e. The molecule has 8 nitrogen and oxygen atoms in total. The molecule has 2 saturated heterocycles. The highest BCUT2D eigenvalue weighted by Crippen LogP contribution is 2.21. The van der Waals surface area contributed by atoms with Crippen LogP contribution in [0.5, 0.6) is 0 Å². The van der Waals surface area contributed by atoms with Crippen LogP contribution in [0.15, 0.2) is 47.5 Å². The van der Waals surface area contributed by atoms with Crippen LogP contribution in [0.4, 0.5) is 5.82 Å². The summed E-state index contributed by atoms with van der Waals surface area (Å²) in [4.78, 5) is 19.4. The second kappa shape index (κ2) is 10.4. The molecule has 0 aliphatic carbocycles. The van der Waals surface area contributed by atoms with Crippen LogP contribution < -0.4 is 10.2 Å². The maximum Gasteiger partial charge on any atom is 0.251 e. The molecular formula is C23H30N4O4S. The van der Waals surface area contributed by atoms with Gasteiger partial charge in [-0.15, -0.1) is 0 Å². The highest BCUT2D eigenvalue weighted by atomic mass is 32.2. The predicted molar refractivity (Wildman–Crippen MR) is 122 cm³/mol. The number of rotatable bonds is 6. The molecule has 0 radical (unpaired) electrons. The largest absolute Gasteiger partial charge is 0.378 e. The molecule has 0 unspecified atom stereocenters. The number of carbonyl (C=O) groups excluding carboxylic acids is 1. The maximum absolute atomic E-state index is 12.9. The van der Waals surface area contributed by atoms with E-state index in [-0.39, 0.29) is 10.8 Å². The molecule has 1 amide bonds. The summed E-state index contributed by atoms with van der Waals surface area (Å²) in [5.41, 5.74) is 1.33. The number of nitrogens with one attached hydrogen (secondary N) is 1. The zero-order chi connectivity index (χ0) is 22.4. The van der Waals surface area contributed by atoms with Gasteiger partial charge in [0.05, 0.1) is 18.1 Å². The van der Waals surface area contributed by atoms with Crippen molar-refractivity contribution in [1.82, 2.24) is 14.6 Å². The number of nitrogens with zero attached hydrogens (tertiary/aromatic N) is 3. The van der Waals surface area contributed by atoms with Crippen molar-refractivity contribution >= 4 is 21.7 Å². The summed E-state index contributed by atoms with van der Waals surface area (Å²) in [6.45, 7) is 4.53. The lowest BCUT2D eigenvalue weighted by atomic mass is 10.2. The van der Waals surface area contributed by atoms with Gasteiger partial charge >= 0.3 is 0 Å². The van der Waals surface area contributed by atoms with Crippen LogP contribution >= 0.6 is 0 Å². The van der Waals surface area contributed by atoms with E-state index in [9.17, 15) is 13.2 Å². The fourth-order valence-corrected chi connectivity index (χ4v) is 5.51. The summed E-state index contributed by atoms with van der Waals surface area (Å²) in [5.74, 6) is 0.658. The average Bonchev–Trinajstić information content (AvgIpc) is 3.14. The van der Waals surface area contributed by atoms with Crippen LogP contribution in [0.1, 0.15) is 41.6 Å². The SMILES string of the molecule is O=C(NCc1ccc(N2CCOCC2)nc1)c1ccc(S(=O)(=O)N2CCCCCC2)cc1. The first kappa shape index (κ1) is 22.7. The van der Waals surface area contributed by atoms with Gasteiger partial charge in [0, 0.05) is 44.5 Å². The van der Waals surface area contributed by atoms with E-state index in [2.05, 4.69) is 15.2 Å². The zero-order valence-electron chi connectivity index (χ0n) is 18.2. The number of anilines is 1. The van der Waals surface area contributed by atoms with Crippen LogP contribution in [-0.4, -0.2) is 63.0 Å². The summed E-state index contributed by atoms with van der Waals surface area (Å²) in [7, 11) is -3.52. The third kappa shape index (κ3) is 5.46. The molecule has 0 atom stereocenters. The Morgan fingerprint density at radius 3 is 2.25 bits per heavy atom. The molecule has 2 fully saturated rings. The van der Waals surface area contributed by atoms with Gasteiger partial charge in [-0.3, -0.25) is 4.79 Å². The Hall–Kier alpha value is -2.49. The minimum atomic E-state index is -3.52. The lowest BCUT2D eigenvalue weighted by Gasteiger charge is -2.27. The van der Waals surface area contributed by atoms with Gasteiger partial charge in [-0.05, 0) is 48.7 Å². The van der Waals surface area contributed by atoms with Crippen LogP contribution in [0, 0.1) is 0 Å². The summed E-state index contributed by atoms with van der Waals surface area (Å²) >= 11 is 0. The van der Waals surface area contributed by atoms with Crippen LogP contribution in [-0.2, 0) is 21.3 Å². The molecule has 1 N–H and O–H groups in total. The molecule has 172 valence electrons. The number of carbonyl (C=O) groups is 1. The van der Waals surface area contributed by atoms with E-state index in [1.807, 2.05) is 12.1 Å². The average molecular weight is 459 g/mol. The first-order valence-electron chi connectivity index (χ1n) is 11.2. The monoisotopic (exact) mass is 458 g/mol. The Balaban J connectivity index is 1.33. The number of aromatic nitrogens is 1. The molecular weight excluding hydrogens is 428 g/mol. The Morgan fingerprint density at radius 1 is 0.938 bits per heavy atom. The molecule has 3 heterocycles. The molecule has 1 aromatic carbocycles. The summed E-state index contributed by atoms with van der Waals surface area (Å²) in [6.07, 6.45) is 5.68. The molecule has 32 heavy (non-hydrogen) atoms. The topological polar surface area (TPSA) is 91.8 Å². The van der Waals surface area contributed by atoms with Crippen molar-refractivity contribution in [2.45, 2.75) is 37.1 Å². The van der Waals surface area contributed by atoms with E-state index in [4.69, 9.17) is 4.74 Å². The van der Waals surface area contributed by atoms with E-state index in [0.717, 1.165) is 50.2 Å². The molecule has 0 bridgehead atoms. The maximum atomic E-state index is 12.9. The van der Waals surface area contributed by atoms with Crippen molar-refractivity contribution in [2.75, 3.05) is 44.3 Å². The Morgan fingerprint density at radius 2 is 1.62 bits per heavy atom. The summed E-state index contributed by atoms with van der Waals surface area (Å²) < 4.78 is 32.7. The molecule has 1 aromatic heterocycles. The van der Waals surface area contributed by atoms with E-state index in [1.54, 1.807) is 22.6 Å².